The first-order valence-corrected chi connectivity index (χ1v) is 6.64. The number of hydrogen-bond acceptors (Lipinski definition) is 5. The van der Waals surface area contributed by atoms with Crippen LogP contribution in [0.15, 0.2) is 24.3 Å². The first-order chi connectivity index (χ1) is 9.23. The summed E-state index contributed by atoms with van der Waals surface area (Å²) >= 11 is 1.63. The van der Waals surface area contributed by atoms with Crippen LogP contribution in [0.2, 0.25) is 0 Å². The van der Waals surface area contributed by atoms with Crippen LogP contribution in [0.25, 0.3) is 10.4 Å². The second-order valence-corrected chi connectivity index (χ2v) is 5.05. The van der Waals surface area contributed by atoms with E-state index in [9.17, 15) is 0 Å². The van der Waals surface area contributed by atoms with E-state index in [1.807, 2.05) is 24.3 Å². The molecular formula is C14H17NO3S. The third-order valence-electron chi connectivity index (χ3n) is 2.82. The molecule has 0 aliphatic carbocycles. The van der Waals surface area contributed by atoms with Gasteiger partial charge in [0.25, 0.3) is 0 Å². The number of rotatable bonds is 5. The van der Waals surface area contributed by atoms with Gasteiger partial charge in [0.1, 0.15) is 17.2 Å². The molecule has 0 radical (unpaired) electrons. The molecule has 0 amide bonds. The molecule has 19 heavy (non-hydrogen) atoms. The molecule has 0 spiro atoms. The summed E-state index contributed by atoms with van der Waals surface area (Å²) in [7, 11) is 4.88. The molecule has 4 nitrogen and oxygen atoms in total. The Kier molecular flexibility index (Phi) is 4.29. The lowest BCUT2D eigenvalue weighted by molar-refractivity contribution is 0.377. The zero-order valence-electron chi connectivity index (χ0n) is 11.2. The molecule has 0 saturated carbocycles. The Morgan fingerprint density at radius 2 is 1.63 bits per heavy atom. The molecule has 2 rings (SSSR count). The second-order valence-electron chi connectivity index (χ2n) is 3.88. The summed E-state index contributed by atoms with van der Waals surface area (Å²) < 4.78 is 16.1. The van der Waals surface area contributed by atoms with Crippen LogP contribution in [0.5, 0.6) is 17.2 Å². The highest BCUT2D eigenvalue weighted by molar-refractivity contribution is 7.15. The van der Waals surface area contributed by atoms with Gasteiger partial charge in [-0.05, 0) is 12.1 Å². The van der Waals surface area contributed by atoms with Crippen molar-refractivity contribution in [3.63, 3.8) is 0 Å². The van der Waals surface area contributed by atoms with Crippen molar-refractivity contribution < 1.29 is 14.2 Å². The zero-order valence-corrected chi connectivity index (χ0v) is 12.0. The van der Waals surface area contributed by atoms with Gasteiger partial charge >= 0.3 is 0 Å². The fraction of sp³-hybridized carbons (Fsp3) is 0.286. The van der Waals surface area contributed by atoms with E-state index in [2.05, 4.69) is 0 Å². The maximum absolute atomic E-state index is 5.66. The number of thiophene rings is 1. The number of methoxy groups -OCH3 is 3. The van der Waals surface area contributed by atoms with Crippen molar-refractivity contribution in [2.24, 2.45) is 5.73 Å². The molecule has 0 aliphatic rings. The molecule has 0 saturated heterocycles. The lowest BCUT2D eigenvalue weighted by Gasteiger charge is -2.13. The van der Waals surface area contributed by atoms with Crippen LogP contribution in [-0.4, -0.2) is 21.3 Å². The summed E-state index contributed by atoms with van der Waals surface area (Å²) in [6.07, 6.45) is 0. The summed E-state index contributed by atoms with van der Waals surface area (Å²) in [6, 6.07) is 7.74. The maximum atomic E-state index is 5.66. The first-order valence-electron chi connectivity index (χ1n) is 5.82. The average molecular weight is 279 g/mol. The molecule has 0 aliphatic heterocycles. The summed E-state index contributed by atoms with van der Waals surface area (Å²) in [6.45, 7) is 0.533. The zero-order chi connectivity index (χ0) is 13.8. The van der Waals surface area contributed by atoms with Gasteiger partial charge in [0.2, 0.25) is 0 Å². The molecule has 0 unspecified atom stereocenters. The second kappa shape index (κ2) is 5.95. The minimum Gasteiger partial charge on any atom is -0.496 e. The highest BCUT2D eigenvalue weighted by atomic mass is 32.1. The van der Waals surface area contributed by atoms with Gasteiger partial charge in [-0.2, -0.15) is 0 Å². The molecule has 0 fully saturated rings. The minimum atomic E-state index is 0.533. The molecule has 102 valence electrons. The number of benzene rings is 1. The molecule has 2 aromatic rings. The van der Waals surface area contributed by atoms with Crippen LogP contribution in [0, 0.1) is 0 Å². The van der Waals surface area contributed by atoms with Gasteiger partial charge in [-0.1, -0.05) is 0 Å². The number of hydrogen-bond donors (Lipinski definition) is 1. The van der Waals surface area contributed by atoms with Crippen molar-refractivity contribution in [1.82, 2.24) is 0 Å². The minimum absolute atomic E-state index is 0.533. The monoisotopic (exact) mass is 279 g/mol. The quantitative estimate of drug-likeness (QED) is 0.914. The van der Waals surface area contributed by atoms with Crippen molar-refractivity contribution in [3.05, 3.63) is 29.1 Å². The van der Waals surface area contributed by atoms with Gasteiger partial charge in [-0.3, -0.25) is 0 Å². The highest BCUT2D eigenvalue weighted by Crippen LogP contribution is 2.44. The standard InChI is InChI=1S/C14H17NO3S/c1-16-9-6-11(17-2)14(12(7-9)18-3)13-5-4-10(8-15)19-13/h4-7H,8,15H2,1-3H3. The lowest BCUT2D eigenvalue weighted by Crippen LogP contribution is -1.94. The molecule has 1 aromatic heterocycles. The molecule has 1 aromatic carbocycles. The summed E-state index contributed by atoms with van der Waals surface area (Å²) in [5.41, 5.74) is 6.58. The van der Waals surface area contributed by atoms with Gasteiger partial charge in [-0.15, -0.1) is 11.3 Å². The Morgan fingerprint density at radius 3 is 2.05 bits per heavy atom. The van der Waals surface area contributed by atoms with Gasteiger partial charge in [0, 0.05) is 28.4 Å². The predicted molar refractivity (Wildman–Crippen MR) is 77.3 cm³/mol. The summed E-state index contributed by atoms with van der Waals surface area (Å²) in [5.74, 6) is 2.15. The van der Waals surface area contributed by atoms with E-state index in [1.165, 1.54) is 0 Å². The van der Waals surface area contributed by atoms with Crippen LogP contribution in [0.1, 0.15) is 4.88 Å². The maximum Gasteiger partial charge on any atom is 0.134 e. The molecule has 0 bridgehead atoms. The van der Waals surface area contributed by atoms with Crippen LogP contribution in [0.3, 0.4) is 0 Å². The van der Waals surface area contributed by atoms with Crippen molar-refractivity contribution in [3.8, 4) is 27.7 Å². The Bertz CT molecular complexity index is 541. The van der Waals surface area contributed by atoms with Gasteiger partial charge < -0.3 is 19.9 Å². The fourth-order valence-electron chi connectivity index (χ4n) is 1.87. The Labute approximate surface area is 116 Å². The predicted octanol–water partition coefficient (Wildman–Crippen LogP) is 2.90. The number of nitrogens with two attached hydrogens (primary N) is 1. The third kappa shape index (κ3) is 2.67. The van der Waals surface area contributed by atoms with E-state index in [4.69, 9.17) is 19.9 Å². The Balaban J connectivity index is 2.59. The van der Waals surface area contributed by atoms with Crippen molar-refractivity contribution in [2.45, 2.75) is 6.54 Å². The van der Waals surface area contributed by atoms with Crippen molar-refractivity contribution in [2.75, 3.05) is 21.3 Å². The van der Waals surface area contributed by atoms with E-state index in [-0.39, 0.29) is 0 Å². The lowest BCUT2D eigenvalue weighted by atomic mass is 10.1. The van der Waals surface area contributed by atoms with Crippen LogP contribution in [0.4, 0.5) is 0 Å². The topological polar surface area (TPSA) is 53.7 Å². The van der Waals surface area contributed by atoms with Crippen LogP contribution in [-0.2, 0) is 6.54 Å². The van der Waals surface area contributed by atoms with Crippen LogP contribution >= 0.6 is 11.3 Å². The molecule has 1 heterocycles. The van der Waals surface area contributed by atoms with Gasteiger partial charge in [0.15, 0.2) is 0 Å². The molecule has 2 N–H and O–H groups in total. The molecular weight excluding hydrogens is 262 g/mol. The number of ether oxygens (including phenoxy) is 3. The third-order valence-corrected chi connectivity index (χ3v) is 3.95. The molecule has 5 heteroatoms. The largest absolute Gasteiger partial charge is 0.496 e. The van der Waals surface area contributed by atoms with E-state index >= 15 is 0 Å². The van der Waals surface area contributed by atoms with E-state index in [1.54, 1.807) is 32.7 Å². The van der Waals surface area contributed by atoms with Gasteiger partial charge in [-0.25, -0.2) is 0 Å². The summed E-state index contributed by atoms with van der Waals surface area (Å²) in [5, 5.41) is 0. The highest BCUT2D eigenvalue weighted by Gasteiger charge is 2.16. The first kappa shape index (κ1) is 13.7. The van der Waals surface area contributed by atoms with Gasteiger partial charge in [0.05, 0.1) is 26.9 Å². The van der Waals surface area contributed by atoms with E-state index < -0.39 is 0 Å². The Hall–Kier alpha value is -1.72. The van der Waals surface area contributed by atoms with E-state index in [0.717, 1.165) is 26.8 Å². The SMILES string of the molecule is COc1cc(OC)c(-c2ccc(CN)s2)c(OC)c1. The fourth-order valence-corrected chi connectivity index (χ4v) is 2.81. The van der Waals surface area contributed by atoms with Crippen molar-refractivity contribution >= 4 is 11.3 Å². The van der Waals surface area contributed by atoms with E-state index in [0.29, 0.717) is 12.3 Å². The smallest absolute Gasteiger partial charge is 0.134 e. The average Bonchev–Trinajstić information content (AvgIpc) is 2.94. The molecule has 0 atom stereocenters. The Morgan fingerprint density at radius 1 is 1.00 bits per heavy atom. The normalized spacial score (nSPS) is 10.3. The van der Waals surface area contributed by atoms with Crippen molar-refractivity contribution in [1.29, 1.82) is 0 Å². The summed E-state index contributed by atoms with van der Waals surface area (Å²) in [4.78, 5) is 2.19. The van der Waals surface area contributed by atoms with Crippen LogP contribution < -0.4 is 19.9 Å².